The third-order valence-electron chi connectivity index (χ3n) is 2.41. The molecule has 0 radical (unpaired) electrons. The minimum atomic E-state index is -1.00. The molecule has 0 bridgehead atoms. The molecule has 2 N–H and O–H groups in total. The molecule has 0 aromatic heterocycles. The fourth-order valence-electron chi connectivity index (χ4n) is 1.66. The molecular weight excluding hydrogens is 193 g/mol. The highest BCUT2D eigenvalue weighted by Gasteiger charge is 2.13. The first-order valence-corrected chi connectivity index (χ1v) is 5.20. The minimum absolute atomic E-state index is 0.618. The summed E-state index contributed by atoms with van der Waals surface area (Å²) < 4.78 is 18.5. The lowest BCUT2D eigenvalue weighted by atomic mass is 10.0. The fraction of sp³-hybridized carbons (Fsp3) is 0.500. The maximum atomic E-state index is 13.3. The molecule has 3 heteroatoms. The number of benzene rings is 1. The standard InChI is InChI=1S/C12H18FNO/c1-9(13)11-7-3-5-10(6-4-8-14)12(11)15-2/h3,5,7,9H,4,6,8,14H2,1-2H3. The number of alkyl halides is 1. The molecule has 0 saturated heterocycles. The second-order valence-corrected chi connectivity index (χ2v) is 3.55. The number of rotatable bonds is 5. The molecular formula is C12H18FNO. The van der Waals surface area contributed by atoms with E-state index in [0.29, 0.717) is 17.9 Å². The zero-order chi connectivity index (χ0) is 11.3. The molecule has 1 aromatic rings. The van der Waals surface area contributed by atoms with Gasteiger partial charge in [-0.2, -0.15) is 0 Å². The van der Waals surface area contributed by atoms with Crippen LogP contribution >= 0.6 is 0 Å². The Morgan fingerprint density at radius 3 is 2.73 bits per heavy atom. The van der Waals surface area contributed by atoms with Crippen molar-refractivity contribution in [2.24, 2.45) is 5.73 Å². The zero-order valence-corrected chi connectivity index (χ0v) is 9.29. The van der Waals surface area contributed by atoms with Crippen molar-refractivity contribution in [2.75, 3.05) is 13.7 Å². The molecule has 0 aliphatic rings. The van der Waals surface area contributed by atoms with Crippen molar-refractivity contribution < 1.29 is 9.13 Å². The van der Waals surface area contributed by atoms with E-state index in [-0.39, 0.29) is 0 Å². The Bertz CT molecular complexity index is 312. The van der Waals surface area contributed by atoms with Gasteiger partial charge in [0.05, 0.1) is 7.11 Å². The predicted octanol–water partition coefficient (Wildman–Crippen LogP) is 2.62. The van der Waals surface area contributed by atoms with Gasteiger partial charge in [0, 0.05) is 5.56 Å². The van der Waals surface area contributed by atoms with Gasteiger partial charge in [0.2, 0.25) is 0 Å². The van der Waals surface area contributed by atoms with Crippen molar-refractivity contribution in [2.45, 2.75) is 25.9 Å². The number of aryl methyl sites for hydroxylation is 1. The fourth-order valence-corrected chi connectivity index (χ4v) is 1.66. The van der Waals surface area contributed by atoms with E-state index >= 15 is 0 Å². The van der Waals surface area contributed by atoms with Gasteiger partial charge in [-0.25, -0.2) is 4.39 Å². The van der Waals surface area contributed by atoms with Gasteiger partial charge in [0.25, 0.3) is 0 Å². The Morgan fingerprint density at radius 1 is 1.47 bits per heavy atom. The van der Waals surface area contributed by atoms with Crippen molar-refractivity contribution in [1.82, 2.24) is 0 Å². The van der Waals surface area contributed by atoms with Gasteiger partial charge >= 0.3 is 0 Å². The van der Waals surface area contributed by atoms with E-state index in [2.05, 4.69) is 0 Å². The van der Waals surface area contributed by atoms with Crippen molar-refractivity contribution in [3.8, 4) is 5.75 Å². The molecule has 1 aromatic carbocycles. The molecule has 15 heavy (non-hydrogen) atoms. The van der Waals surface area contributed by atoms with E-state index in [4.69, 9.17) is 10.5 Å². The highest BCUT2D eigenvalue weighted by Crippen LogP contribution is 2.31. The Labute approximate surface area is 90.2 Å². The number of hydrogen-bond donors (Lipinski definition) is 1. The van der Waals surface area contributed by atoms with Gasteiger partial charge in [-0.3, -0.25) is 0 Å². The average molecular weight is 211 g/mol. The number of para-hydroxylation sites is 1. The van der Waals surface area contributed by atoms with E-state index in [9.17, 15) is 4.39 Å². The van der Waals surface area contributed by atoms with Crippen LogP contribution in [0.5, 0.6) is 5.75 Å². The zero-order valence-electron chi connectivity index (χ0n) is 9.29. The second kappa shape index (κ2) is 5.71. The number of halogens is 1. The van der Waals surface area contributed by atoms with Gasteiger partial charge in [-0.15, -0.1) is 0 Å². The molecule has 0 spiro atoms. The summed E-state index contributed by atoms with van der Waals surface area (Å²) in [5.41, 5.74) is 7.10. The SMILES string of the molecule is COc1c(CCCN)cccc1C(C)F. The summed E-state index contributed by atoms with van der Waals surface area (Å²) in [6, 6.07) is 5.58. The molecule has 0 saturated carbocycles. The van der Waals surface area contributed by atoms with Crippen LogP contribution in [0.3, 0.4) is 0 Å². The highest BCUT2D eigenvalue weighted by atomic mass is 19.1. The van der Waals surface area contributed by atoms with Crippen molar-refractivity contribution in [3.63, 3.8) is 0 Å². The first-order valence-electron chi connectivity index (χ1n) is 5.20. The Balaban J connectivity index is 2.99. The van der Waals surface area contributed by atoms with Crippen LogP contribution in [0.25, 0.3) is 0 Å². The quantitative estimate of drug-likeness (QED) is 0.812. The topological polar surface area (TPSA) is 35.2 Å². The number of nitrogens with two attached hydrogens (primary N) is 1. The second-order valence-electron chi connectivity index (χ2n) is 3.55. The lowest BCUT2D eigenvalue weighted by Crippen LogP contribution is -2.03. The summed E-state index contributed by atoms with van der Waals surface area (Å²) in [6.07, 6.45) is 0.721. The molecule has 0 heterocycles. The summed E-state index contributed by atoms with van der Waals surface area (Å²) in [6.45, 7) is 2.16. The van der Waals surface area contributed by atoms with Gasteiger partial charge in [0.15, 0.2) is 0 Å². The molecule has 84 valence electrons. The van der Waals surface area contributed by atoms with Crippen LogP contribution in [0.15, 0.2) is 18.2 Å². The third kappa shape index (κ3) is 2.93. The number of methoxy groups -OCH3 is 1. The van der Waals surface area contributed by atoms with Gasteiger partial charge < -0.3 is 10.5 Å². The third-order valence-corrected chi connectivity index (χ3v) is 2.41. The van der Waals surface area contributed by atoms with E-state index in [1.165, 1.54) is 6.92 Å². The summed E-state index contributed by atoms with van der Waals surface area (Å²) in [4.78, 5) is 0. The van der Waals surface area contributed by atoms with E-state index < -0.39 is 6.17 Å². The van der Waals surface area contributed by atoms with Crippen molar-refractivity contribution in [3.05, 3.63) is 29.3 Å². The molecule has 0 aliphatic heterocycles. The lowest BCUT2D eigenvalue weighted by molar-refractivity contribution is 0.344. The van der Waals surface area contributed by atoms with E-state index in [1.54, 1.807) is 13.2 Å². The Morgan fingerprint density at radius 2 is 2.20 bits per heavy atom. The molecule has 0 fully saturated rings. The van der Waals surface area contributed by atoms with Crippen LogP contribution in [0.4, 0.5) is 4.39 Å². The normalized spacial score (nSPS) is 12.5. The van der Waals surface area contributed by atoms with Crippen molar-refractivity contribution >= 4 is 0 Å². The first kappa shape index (κ1) is 12.0. The number of hydrogen-bond acceptors (Lipinski definition) is 2. The largest absolute Gasteiger partial charge is 0.496 e. The van der Waals surface area contributed by atoms with Crippen LogP contribution < -0.4 is 10.5 Å². The van der Waals surface area contributed by atoms with E-state index in [0.717, 1.165) is 18.4 Å². The minimum Gasteiger partial charge on any atom is -0.496 e. The first-order chi connectivity index (χ1) is 7.20. The number of ether oxygens (including phenoxy) is 1. The Hall–Kier alpha value is -1.09. The smallest absolute Gasteiger partial charge is 0.128 e. The summed E-state index contributed by atoms with van der Waals surface area (Å²) in [5.74, 6) is 0.668. The maximum Gasteiger partial charge on any atom is 0.128 e. The average Bonchev–Trinajstić information content (AvgIpc) is 2.25. The molecule has 1 atom stereocenters. The van der Waals surface area contributed by atoms with Gasteiger partial charge in [-0.1, -0.05) is 18.2 Å². The summed E-state index contributed by atoms with van der Waals surface area (Å²) >= 11 is 0. The predicted molar refractivity (Wildman–Crippen MR) is 59.9 cm³/mol. The van der Waals surface area contributed by atoms with Crippen molar-refractivity contribution in [1.29, 1.82) is 0 Å². The highest BCUT2D eigenvalue weighted by molar-refractivity contribution is 5.42. The molecule has 0 aliphatic carbocycles. The van der Waals surface area contributed by atoms with Gasteiger partial charge in [0.1, 0.15) is 11.9 Å². The van der Waals surface area contributed by atoms with Crippen LogP contribution in [0.1, 0.15) is 30.6 Å². The van der Waals surface area contributed by atoms with Crippen LogP contribution in [0, 0.1) is 0 Å². The summed E-state index contributed by atoms with van der Waals surface area (Å²) in [5, 5.41) is 0. The lowest BCUT2D eigenvalue weighted by Gasteiger charge is -2.13. The van der Waals surface area contributed by atoms with Crippen LogP contribution in [0.2, 0.25) is 0 Å². The van der Waals surface area contributed by atoms with Crippen LogP contribution in [-0.4, -0.2) is 13.7 Å². The monoisotopic (exact) mass is 211 g/mol. The molecule has 1 unspecified atom stereocenters. The van der Waals surface area contributed by atoms with Gasteiger partial charge in [-0.05, 0) is 31.9 Å². The van der Waals surface area contributed by atoms with Crippen LogP contribution in [-0.2, 0) is 6.42 Å². The summed E-state index contributed by atoms with van der Waals surface area (Å²) in [7, 11) is 1.58. The molecule has 2 nitrogen and oxygen atoms in total. The Kier molecular flexibility index (Phi) is 4.56. The van der Waals surface area contributed by atoms with E-state index in [1.807, 2.05) is 12.1 Å². The molecule has 1 rings (SSSR count). The molecule has 0 amide bonds. The maximum absolute atomic E-state index is 13.3.